The quantitative estimate of drug-likeness (QED) is 0.303. The highest BCUT2D eigenvalue weighted by atomic mass is 32.2. The molecule has 0 radical (unpaired) electrons. The predicted molar refractivity (Wildman–Crippen MR) is 206 cm³/mol. The van der Waals surface area contributed by atoms with Crippen LogP contribution in [0.2, 0.25) is 0 Å². The Kier molecular flexibility index (Phi) is 10.2. The highest BCUT2D eigenvalue weighted by molar-refractivity contribution is 7.91. The topological polar surface area (TPSA) is 185 Å². The van der Waals surface area contributed by atoms with Crippen molar-refractivity contribution in [3.63, 3.8) is 0 Å². The average Bonchev–Trinajstić information content (AvgIpc) is 4.11. The molecule has 1 unspecified atom stereocenters. The Hall–Kier alpha value is -4.40. The van der Waals surface area contributed by atoms with Crippen LogP contribution < -0.4 is 19.5 Å². The molecule has 0 bridgehead atoms. The number of rotatable bonds is 9. The summed E-state index contributed by atoms with van der Waals surface area (Å²) in [5.74, 6) is -0.587. The number of nitrogens with one attached hydrogen (secondary N) is 2. The molecular formula is C41H53N5O9S. The molecule has 3 N–H and O–H groups in total. The smallest absolute Gasteiger partial charge is 0.408 e. The molecule has 0 spiro atoms. The van der Waals surface area contributed by atoms with Crippen LogP contribution in [0.1, 0.15) is 85.0 Å². The fourth-order valence-corrected chi connectivity index (χ4v) is 11.1. The maximum Gasteiger partial charge on any atom is 0.408 e. The van der Waals surface area contributed by atoms with Gasteiger partial charge in [-0.05, 0) is 118 Å². The highest BCUT2D eigenvalue weighted by Gasteiger charge is 2.62. The predicted octanol–water partition coefficient (Wildman–Crippen LogP) is 4.62. The van der Waals surface area contributed by atoms with Crippen LogP contribution in [-0.4, -0.2) is 100 Å². The third-order valence-electron chi connectivity index (χ3n) is 13.0. The Morgan fingerprint density at radius 3 is 2.55 bits per heavy atom. The van der Waals surface area contributed by atoms with Gasteiger partial charge in [0.05, 0.1) is 18.4 Å². The van der Waals surface area contributed by atoms with E-state index in [1.165, 1.54) is 9.80 Å². The molecule has 4 saturated carbocycles. The Bertz CT molecular complexity index is 2030. The molecule has 302 valence electrons. The van der Waals surface area contributed by atoms with Gasteiger partial charge in [0, 0.05) is 30.0 Å². The highest BCUT2D eigenvalue weighted by Crippen LogP contribution is 2.54. The maximum atomic E-state index is 15.2. The van der Waals surface area contributed by atoms with E-state index in [1.807, 2.05) is 50.3 Å². The standard InChI is InChI=1S/C41H53N5O9S/c1-4-54-30-9-12-33-25(19-30)13-14-42-37(33)55-31-20-34-36(47)43-41(39(49)44-56(52,53)32-10-11-32)21-28(41)8-6-5-7-23(2)15-24(3)35(38(48)45(34)22-31)46(40(50)51)29-17-26-16-27(26)18-29/h6,8-9,12-14,19,23-24,26-29,31-32,34-35H,4-5,7,10-11,15-18,20-22H2,1-3H3,(H,43,47)(H,44,49)(H,50,51)/b8-6-/t23-,24-,26+,27?,28-,29-,31-,34+,35+,41-/m1/s1. The zero-order valence-corrected chi connectivity index (χ0v) is 33.1. The van der Waals surface area contributed by atoms with Gasteiger partial charge in [-0.1, -0.05) is 26.0 Å². The van der Waals surface area contributed by atoms with E-state index in [0.717, 1.165) is 18.2 Å². The molecule has 8 rings (SSSR count). The number of sulfonamides is 1. The van der Waals surface area contributed by atoms with Gasteiger partial charge in [0.15, 0.2) is 0 Å². The lowest BCUT2D eigenvalue weighted by Gasteiger charge is -2.40. The van der Waals surface area contributed by atoms with Gasteiger partial charge < -0.3 is 24.8 Å². The van der Waals surface area contributed by atoms with Crippen LogP contribution in [0.3, 0.4) is 0 Å². The van der Waals surface area contributed by atoms with Gasteiger partial charge in [0.1, 0.15) is 29.5 Å². The molecule has 1 saturated heterocycles. The number of hydrogen-bond acceptors (Lipinski definition) is 9. The lowest BCUT2D eigenvalue weighted by atomic mass is 9.86. The Morgan fingerprint density at radius 2 is 1.84 bits per heavy atom. The molecule has 1 aromatic heterocycles. The van der Waals surface area contributed by atoms with Crippen LogP contribution in [0.25, 0.3) is 10.8 Å². The van der Waals surface area contributed by atoms with Crippen LogP contribution in [0, 0.1) is 29.6 Å². The van der Waals surface area contributed by atoms with Crippen molar-refractivity contribution in [1.29, 1.82) is 0 Å². The van der Waals surface area contributed by atoms with Gasteiger partial charge in [-0.15, -0.1) is 0 Å². The largest absolute Gasteiger partial charge is 0.494 e. The molecule has 2 aliphatic heterocycles. The van der Waals surface area contributed by atoms with Crippen LogP contribution in [-0.2, 0) is 24.4 Å². The van der Waals surface area contributed by atoms with Gasteiger partial charge in [0.25, 0.3) is 5.91 Å². The van der Waals surface area contributed by atoms with E-state index >= 15 is 4.79 Å². The molecule has 4 amide bonds. The van der Waals surface area contributed by atoms with E-state index in [9.17, 15) is 27.9 Å². The van der Waals surface area contributed by atoms with Crippen molar-refractivity contribution in [1.82, 2.24) is 24.8 Å². The Balaban J connectivity index is 1.14. The van der Waals surface area contributed by atoms with Crippen molar-refractivity contribution in [3.8, 4) is 11.6 Å². The molecule has 2 aromatic rings. The number of pyridine rings is 1. The number of allylic oxidation sites excluding steroid dienone is 1. The first kappa shape index (κ1) is 38.5. The summed E-state index contributed by atoms with van der Waals surface area (Å²) in [6.45, 7) is 6.42. The van der Waals surface area contributed by atoms with E-state index in [1.54, 1.807) is 6.20 Å². The summed E-state index contributed by atoms with van der Waals surface area (Å²) < 4.78 is 40.3. The number of carboxylic acid groups (broad SMARTS) is 1. The number of carbonyl (C=O) groups excluding carboxylic acids is 3. The molecule has 56 heavy (non-hydrogen) atoms. The summed E-state index contributed by atoms with van der Waals surface area (Å²) >= 11 is 0. The summed E-state index contributed by atoms with van der Waals surface area (Å²) in [5, 5.41) is 14.6. The molecule has 15 heteroatoms. The van der Waals surface area contributed by atoms with Crippen molar-refractivity contribution >= 4 is 44.6 Å². The first-order valence-electron chi connectivity index (χ1n) is 20.3. The number of aromatic nitrogens is 1. The van der Waals surface area contributed by atoms with Gasteiger partial charge in [-0.25, -0.2) is 18.2 Å². The molecule has 3 heterocycles. The second-order valence-corrected chi connectivity index (χ2v) is 19.2. The summed E-state index contributed by atoms with van der Waals surface area (Å²) in [5.41, 5.74) is -1.52. The molecule has 10 atom stereocenters. The monoisotopic (exact) mass is 791 g/mol. The van der Waals surface area contributed by atoms with Gasteiger partial charge in [-0.3, -0.25) is 24.0 Å². The zero-order chi connectivity index (χ0) is 39.5. The van der Waals surface area contributed by atoms with Gasteiger partial charge in [-0.2, -0.15) is 0 Å². The molecule has 4 aliphatic carbocycles. The average molecular weight is 792 g/mol. The molecule has 6 aliphatic rings. The van der Waals surface area contributed by atoms with Crippen molar-refractivity contribution in [2.24, 2.45) is 29.6 Å². The lowest BCUT2D eigenvalue weighted by Crippen LogP contribution is -2.61. The van der Waals surface area contributed by atoms with E-state index in [2.05, 4.69) is 21.9 Å². The molecular weight excluding hydrogens is 739 g/mol. The summed E-state index contributed by atoms with van der Waals surface area (Å²) in [7, 11) is -3.91. The van der Waals surface area contributed by atoms with E-state index < -0.39 is 68.7 Å². The summed E-state index contributed by atoms with van der Waals surface area (Å²) in [6, 6.07) is 4.92. The number of nitrogens with zero attached hydrogens (tertiary/aromatic N) is 3. The second kappa shape index (κ2) is 14.8. The molecule has 14 nitrogen and oxygen atoms in total. The number of fused-ring (bicyclic) bond motifs is 4. The second-order valence-electron chi connectivity index (χ2n) is 17.2. The Morgan fingerprint density at radius 1 is 1.07 bits per heavy atom. The van der Waals surface area contributed by atoms with E-state index in [0.29, 0.717) is 74.0 Å². The molecule has 5 fully saturated rings. The first-order valence-corrected chi connectivity index (χ1v) is 21.9. The third kappa shape index (κ3) is 7.55. The lowest BCUT2D eigenvalue weighted by molar-refractivity contribution is -0.145. The maximum absolute atomic E-state index is 15.2. The minimum atomic E-state index is -3.91. The summed E-state index contributed by atoms with van der Waals surface area (Å²) in [4.78, 5) is 64.2. The summed E-state index contributed by atoms with van der Waals surface area (Å²) in [6.07, 6.45) is 9.35. The van der Waals surface area contributed by atoms with Crippen LogP contribution in [0.15, 0.2) is 42.6 Å². The number of hydrogen-bond donors (Lipinski definition) is 3. The fraction of sp³-hybridized carbons (Fsp3) is 0.634. The van der Waals surface area contributed by atoms with Crippen LogP contribution in [0.4, 0.5) is 4.79 Å². The van der Waals surface area contributed by atoms with Crippen molar-refractivity contribution < 1.29 is 42.2 Å². The fourth-order valence-electron chi connectivity index (χ4n) is 9.72. The number of benzene rings is 1. The van der Waals surface area contributed by atoms with Crippen molar-refractivity contribution in [2.75, 3.05) is 13.2 Å². The van der Waals surface area contributed by atoms with Crippen molar-refractivity contribution in [3.05, 3.63) is 42.6 Å². The van der Waals surface area contributed by atoms with E-state index in [4.69, 9.17) is 9.47 Å². The zero-order valence-electron chi connectivity index (χ0n) is 32.3. The van der Waals surface area contributed by atoms with Crippen LogP contribution in [0.5, 0.6) is 11.6 Å². The van der Waals surface area contributed by atoms with Gasteiger partial charge in [0.2, 0.25) is 27.7 Å². The third-order valence-corrected chi connectivity index (χ3v) is 14.8. The van der Waals surface area contributed by atoms with Crippen LogP contribution >= 0.6 is 0 Å². The number of amides is 4. The first-order chi connectivity index (χ1) is 26.8. The minimum Gasteiger partial charge on any atom is -0.494 e. The number of carbonyl (C=O) groups is 4. The number of ether oxygens (including phenoxy) is 2. The minimum absolute atomic E-state index is 0.0211. The SMILES string of the molecule is CCOc1ccc2c(O[C@@H]3C[C@H]4C(=O)N[C@]5(C(=O)NS(=O)(=O)C6CC6)C[C@H]5/C=C\CC[C@@H](C)C[C@@H](C)[C@H](N(C(=O)O)[C@H]5CC6C[C@H]6C5)C(=O)N4C3)nccc2c1. The van der Waals surface area contributed by atoms with E-state index in [-0.39, 0.29) is 37.3 Å². The molecule has 1 aromatic carbocycles. The normalized spacial score (nSPS) is 34.8. The van der Waals surface area contributed by atoms with Crippen molar-refractivity contribution in [2.45, 2.75) is 120 Å². The van der Waals surface area contributed by atoms with Gasteiger partial charge >= 0.3 is 6.09 Å². The Labute approximate surface area is 327 Å².